The Morgan fingerprint density at radius 2 is 1.79 bits per heavy atom. The predicted molar refractivity (Wildman–Crippen MR) is 97.8 cm³/mol. The molecule has 4 heteroatoms. The highest BCUT2D eigenvalue weighted by molar-refractivity contribution is 5.86. The maximum Gasteiger partial charge on any atom is 0.310 e. The molecule has 1 heterocycles. The van der Waals surface area contributed by atoms with Crippen molar-refractivity contribution in [1.82, 2.24) is 5.32 Å². The van der Waals surface area contributed by atoms with Crippen LogP contribution in [-0.4, -0.2) is 31.3 Å². The van der Waals surface area contributed by atoms with Crippen molar-refractivity contribution in [3.63, 3.8) is 0 Å². The summed E-state index contributed by atoms with van der Waals surface area (Å²) >= 11 is 0. The number of fused-ring (bicyclic) bond motifs is 1. The van der Waals surface area contributed by atoms with Gasteiger partial charge in [0.05, 0.1) is 13.0 Å². The zero-order valence-corrected chi connectivity index (χ0v) is 14.7. The third-order valence-corrected chi connectivity index (χ3v) is 4.57. The summed E-state index contributed by atoms with van der Waals surface area (Å²) in [6.07, 6.45) is 2.75. The van der Waals surface area contributed by atoms with Crippen molar-refractivity contribution >= 4 is 16.7 Å². The molecule has 24 heavy (non-hydrogen) atoms. The fourth-order valence-corrected chi connectivity index (χ4v) is 2.75. The van der Waals surface area contributed by atoms with Crippen molar-refractivity contribution in [2.45, 2.75) is 32.6 Å². The Morgan fingerprint density at radius 3 is 2.33 bits per heavy atom. The molecule has 1 aliphatic rings. The first-order chi connectivity index (χ1) is 11.5. The molecule has 2 aromatic carbocycles. The molecule has 4 nitrogen and oxygen atoms in total. The van der Waals surface area contributed by atoms with Crippen LogP contribution in [0.3, 0.4) is 0 Å². The molecular weight excluding hydrogens is 302 g/mol. The van der Waals surface area contributed by atoms with E-state index in [1.807, 2.05) is 36.4 Å². The quantitative estimate of drug-likeness (QED) is 0.892. The lowest BCUT2D eigenvalue weighted by Crippen LogP contribution is -2.26. The highest BCUT2D eigenvalue weighted by Gasteiger charge is 2.13. The smallest absolute Gasteiger partial charge is 0.310 e. The van der Waals surface area contributed by atoms with Crippen molar-refractivity contribution in [2.24, 2.45) is 5.92 Å². The number of carboxylic acids is 1. The highest BCUT2D eigenvalue weighted by atomic mass is 16.5. The third kappa shape index (κ3) is 4.96. The van der Waals surface area contributed by atoms with Crippen LogP contribution in [-0.2, 0) is 4.79 Å². The summed E-state index contributed by atoms with van der Waals surface area (Å²) in [5.74, 6) is 0.483. The van der Waals surface area contributed by atoms with Crippen LogP contribution in [0.15, 0.2) is 36.4 Å². The van der Waals surface area contributed by atoms with Gasteiger partial charge in [0.1, 0.15) is 5.75 Å². The van der Waals surface area contributed by atoms with Crippen molar-refractivity contribution in [3.05, 3.63) is 42.0 Å². The fourth-order valence-electron chi connectivity index (χ4n) is 2.75. The van der Waals surface area contributed by atoms with Crippen LogP contribution in [0.1, 0.15) is 38.2 Å². The standard InChI is InChI=1S/C14H14O3.C6H13N/c1-9(14(15)16)10-3-4-12-8-13(17-2)6-5-11(12)7-10;1-6-2-4-7-5-3-6/h3-9H,1-2H3,(H,15,16);6-7H,2-5H2,1H3. The lowest BCUT2D eigenvalue weighted by molar-refractivity contribution is -0.138. The average Bonchev–Trinajstić information content (AvgIpc) is 2.61. The Balaban J connectivity index is 0.000000249. The SMILES string of the molecule is CC1CCNCC1.COc1ccc2cc(C(C)C(=O)O)ccc2c1. The minimum absolute atomic E-state index is 0.485. The van der Waals surface area contributed by atoms with Gasteiger partial charge in [-0.2, -0.15) is 0 Å². The molecule has 0 saturated carbocycles. The van der Waals surface area contributed by atoms with Crippen LogP contribution < -0.4 is 10.1 Å². The lowest BCUT2D eigenvalue weighted by atomic mass is 9.98. The number of carbonyl (C=O) groups is 1. The number of benzene rings is 2. The second-order valence-electron chi connectivity index (χ2n) is 6.46. The molecule has 0 aliphatic carbocycles. The maximum absolute atomic E-state index is 10.9. The van der Waals surface area contributed by atoms with E-state index in [1.54, 1.807) is 14.0 Å². The molecule has 2 N–H and O–H groups in total. The van der Waals surface area contributed by atoms with Gasteiger partial charge in [0.2, 0.25) is 0 Å². The summed E-state index contributed by atoms with van der Waals surface area (Å²) in [5.41, 5.74) is 0.815. The molecular formula is C20H27NO3. The first-order valence-corrected chi connectivity index (χ1v) is 8.52. The molecule has 1 aliphatic heterocycles. The van der Waals surface area contributed by atoms with Crippen LogP contribution in [0.2, 0.25) is 0 Å². The van der Waals surface area contributed by atoms with E-state index in [4.69, 9.17) is 9.84 Å². The summed E-state index contributed by atoms with van der Waals surface area (Å²) in [7, 11) is 1.63. The molecule has 0 radical (unpaired) electrons. The summed E-state index contributed by atoms with van der Waals surface area (Å²) in [5, 5.41) is 14.4. The molecule has 2 aromatic rings. The van der Waals surface area contributed by atoms with Gasteiger partial charge >= 0.3 is 5.97 Å². The van der Waals surface area contributed by atoms with Gasteiger partial charge in [-0.25, -0.2) is 0 Å². The summed E-state index contributed by atoms with van der Waals surface area (Å²) in [6.45, 7) is 6.48. The Bertz CT molecular complexity index is 678. The van der Waals surface area contributed by atoms with Crippen LogP contribution in [0.25, 0.3) is 10.8 Å². The second-order valence-corrected chi connectivity index (χ2v) is 6.46. The molecule has 3 rings (SSSR count). The first-order valence-electron chi connectivity index (χ1n) is 8.52. The van der Waals surface area contributed by atoms with Gasteiger partial charge in [-0.15, -0.1) is 0 Å². The minimum Gasteiger partial charge on any atom is -0.497 e. The molecule has 0 bridgehead atoms. The largest absolute Gasteiger partial charge is 0.497 e. The maximum atomic E-state index is 10.9. The zero-order valence-electron chi connectivity index (χ0n) is 14.7. The van der Waals surface area contributed by atoms with E-state index >= 15 is 0 Å². The van der Waals surface area contributed by atoms with Crippen molar-refractivity contribution < 1.29 is 14.6 Å². The van der Waals surface area contributed by atoms with Crippen LogP contribution in [0.4, 0.5) is 0 Å². The number of hydrogen-bond acceptors (Lipinski definition) is 3. The molecule has 130 valence electrons. The number of nitrogens with one attached hydrogen (secondary N) is 1. The van der Waals surface area contributed by atoms with E-state index in [9.17, 15) is 4.79 Å². The molecule has 1 saturated heterocycles. The monoisotopic (exact) mass is 329 g/mol. The van der Waals surface area contributed by atoms with Gasteiger partial charge in [-0.05, 0) is 67.2 Å². The van der Waals surface area contributed by atoms with E-state index in [0.29, 0.717) is 0 Å². The van der Waals surface area contributed by atoms with E-state index in [-0.39, 0.29) is 0 Å². The van der Waals surface area contributed by atoms with Gasteiger partial charge in [0.15, 0.2) is 0 Å². The number of aliphatic carboxylic acids is 1. The van der Waals surface area contributed by atoms with Crippen molar-refractivity contribution in [2.75, 3.05) is 20.2 Å². The van der Waals surface area contributed by atoms with Crippen LogP contribution in [0.5, 0.6) is 5.75 Å². The molecule has 0 spiro atoms. The average molecular weight is 329 g/mol. The zero-order chi connectivity index (χ0) is 17.5. The molecule has 0 aromatic heterocycles. The van der Waals surface area contributed by atoms with E-state index in [2.05, 4.69) is 12.2 Å². The number of piperidine rings is 1. The number of rotatable bonds is 3. The molecule has 1 unspecified atom stereocenters. The van der Waals surface area contributed by atoms with Crippen LogP contribution in [0, 0.1) is 5.92 Å². The van der Waals surface area contributed by atoms with Gasteiger partial charge in [-0.1, -0.05) is 31.2 Å². The fraction of sp³-hybridized carbons (Fsp3) is 0.450. The van der Waals surface area contributed by atoms with Crippen molar-refractivity contribution in [3.8, 4) is 5.75 Å². The Kier molecular flexibility index (Phi) is 6.62. The number of methoxy groups -OCH3 is 1. The van der Waals surface area contributed by atoms with Crippen LogP contribution >= 0.6 is 0 Å². The summed E-state index contributed by atoms with van der Waals surface area (Å²) in [6, 6.07) is 11.4. The van der Waals surface area contributed by atoms with Crippen molar-refractivity contribution in [1.29, 1.82) is 0 Å². The summed E-state index contributed by atoms with van der Waals surface area (Å²) < 4.78 is 5.14. The molecule has 1 fully saturated rings. The van der Waals surface area contributed by atoms with Gasteiger partial charge in [0.25, 0.3) is 0 Å². The Morgan fingerprint density at radius 1 is 1.17 bits per heavy atom. The van der Waals surface area contributed by atoms with E-state index in [0.717, 1.165) is 28.0 Å². The van der Waals surface area contributed by atoms with E-state index in [1.165, 1.54) is 25.9 Å². The highest BCUT2D eigenvalue weighted by Crippen LogP contribution is 2.25. The Labute approximate surface area is 143 Å². The van der Waals surface area contributed by atoms with Gasteiger partial charge in [-0.3, -0.25) is 4.79 Å². The summed E-state index contributed by atoms with van der Waals surface area (Å²) in [4.78, 5) is 10.9. The number of carboxylic acid groups (broad SMARTS) is 1. The lowest BCUT2D eigenvalue weighted by Gasteiger charge is -2.17. The Hall–Kier alpha value is -2.07. The van der Waals surface area contributed by atoms with E-state index < -0.39 is 11.9 Å². The second kappa shape index (κ2) is 8.69. The number of ether oxygens (including phenoxy) is 1. The molecule has 0 amide bonds. The normalized spacial score (nSPS) is 16.1. The predicted octanol–water partition coefficient (Wildman–Crippen LogP) is 4.04. The number of hydrogen-bond donors (Lipinski definition) is 2. The molecule has 1 atom stereocenters. The third-order valence-electron chi connectivity index (χ3n) is 4.57. The minimum atomic E-state index is -0.808. The first kappa shape index (κ1) is 18.3. The van der Waals surface area contributed by atoms with Gasteiger partial charge < -0.3 is 15.2 Å². The van der Waals surface area contributed by atoms with Gasteiger partial charge in [0, 0.05) is 0 Å². The topological polar surface area (TPSA) is 58.6 Å².